The van der Waals surface area contributed by atoms with Gasteiger partial charge in [-0.3, -0.25) is 0 Å². The van der Waals surface area contributed by atoms with Crippen molar-refractivity contribution < 1.29 is 12.8 Å². The Morgan fingerprint density at radius 2 is 1.91 bits per heavy atom. The zero-order valence-corrected chi connectivity index (χ0v) is 13.4. The van der Waals surface area contributed by atoms with Crippen molar-refractivity contribution in [1.82, 2.24) is 0 Å². The van der Waals surface area contributed by atoms with Crippen LogP contribution in [0.4, 0.5) is 10.1 Å². The Balaban J connectivity index is 1.93. The fourth-order valence-electron chi connectivity index (χ4n) is 2.51. The zero-order valence-electron chi connectivity index (χ0n) is 12.6. The third-order valence-electron chi connectivity index (χ3n) is 3.74. The van der Waals surface area contributed by atoms with Gasteiger partial charge in [-0.1, -0.05) is 24.3 Å². The summed E-state index contributed by atoms with van der Waals surface area (Å²) >= 11 is 0. The van der Waals surface area contributed by atoms with Crippen LogP contribution in [0.3, 0.4) is 0 Å². The van der Waals surface area contributed by atoms with Crippen molar-refractivity contribution in [1.29, 1.82) is 0 Å². The number of para-hydroxylation sites is 1. The Morgan fingerprint density at radius 3 is 2.50 bits per heavy atom. The van der Waals surface area contributed by atoms with E-state index in [2.05, 4.69) is 24.0 Å². The maximum atomic E-state index is 13.9. The van der Waals surface area contributed by atoms with Crippen molar-refractivity contribution in [2.45, 2.75) is 26.2 Å². The van der Waals surface area contributed by atoms with Crippen LogP contribution >= 0.6 is 0 Å². The molecule has 22 heavy (non-hydrogen) atoms. The van der Waals surface area contributed by atoms with Gasteiger partial charge in [0.15, 0.2) is 0 Å². The molecule has 1 aromatic rings. The lowest BCUT2D eigenvalue weighted by atomic mass is 10.0. The van der Waals surface area contributed by atoms with E-state index < -0.39 is 10.3 Å². The van der Waals surface area contributed by atoms with Gasteiger partial charge in [-0.15, -0.1) is 0 Å². The van der Waals surface area contributed by atoms with Crippen molar-refractivity contribution in [3.8, 4) is 0 Å². The molecule has 118 valence electrons. The summed E-state index contributed by atoms with van der Waals surface area (Å²) in [5.74, 6) is -0.329. The minimum atomic E-state index is -2.33. The molecular weight excluding hydrogens is 301 g/mol. The van der Waals surface area contributed by atoms with Gasteiger partial charge in [0, 0.05) is 25.2 Å². The Bertz CT molecular complexity index is 697. The first kappa shape index (κ1) is 16.5. The first-order valence-electron chi connectivity index (χ1n) is 7.42. The van der Waals surface area contributed by atoms with E-state index in [0.29, 0.717) is 12.0 Å². The van der Waals surface area contributed by atoms with E-state index in [4.69, 9.17) is 0 Å². The number of rotatable bonds is 6. The molecule has 0 radical (unpaired) electrons. The van der Waals surface area contributed by atoms with Crippen molar-refractivity contribution in [2.24, 2.45) is 0 Å². The number of anilines is 1. The predicted octanol–water partition coefficient (Wildman–Crippen LogP) is 3.53. The smallest absolute Gasteiger partial charge is 0.217 e. The minimum absolute atomic E-state index is 0.112. The third-order valence-corrected chi connectivity index (χ3v) is 4.45. The van der Waals surface area contributed by atoms with E-state index in [0.717, 1.165) is 25.2 Å². The molecular formula is C17H20FNO2S. The molecule has 0 saturated heterocycles. The first-order valence-corrected chi connectivity index (χ1v) is 8.50. The SMILES string of the molecule is CCN(CCCC1=C(F)CC(=S(=O)=O)C=C1)c1ccccc1. The second-order valence-electron chi connectivity index (χ2n) is 5.16. The number of hydrogen-bond acceptors (Lipinski definition) is 3. The number of nitrogens with zero attached hydrogens (tertiary/aromatic N) is 1. The van der Waals surface area contributed by atoms with Crippen molar-refractivity contribution in [3.05, 3.63) is 53.9 Å². The Morgan fingerprint density at radius 1 is 1.18 bits per heavy atom. The van der Waals surface area contributed by atoms with Gasteiger partial charge in [0.1, 0.15) is 5.83 Å². The lowest BCUT2D eigenvalue weighted by Gasteiger charge is -2.23. The summed E-state index contributed by atoms with van der Waals surface area (Å²) in [5, 5.41) is 0. The summed E-state index contributed by atoms with van der Waals surface area (Å²) in [6.45, 7) is 3.84. The molecule has 3 nitrogen and oxygen atoms in total. The van der Waals surface area contributed by atoms with Gasteiger partial charge in [-0.25, -0.2) is 4.39 Å². The maximum absolute atomic E-state index is 13.9. The van der Waals surface area contributed by atoms with E-state index in [9.17, 15) is 12.8 Å². The van der Waals surface area contributed by atoms with Gasteiger partial charge >= 0.3 is 0 Å². The molecule has 0 aromatic heterocycles. The van der Waals surface area contributed by atoms with Crippen LogP contribution in [0.5, 0.6) is 0 Å². The summed E-state index contributed by atoms with van der Waals surface area (Å²) in [7, 11) is -2.33. The summed E-state index contributed by atoms with van der Waals surface area (Å²) in [5.41, 5.74) is 1.77. The Labute approximate surface area is 132 Å². The fourth-order valence-corrected chi connectivity index (χ4v) is 2.94. The highest BCUT2D eigenvalue weighted by molar-refractivity contribution is 7.73. The first-order chi connectivity index (χ1) is 10.6. The largest absolute Gasteiger partial charge is 0.372 e. The molecule has 2 rings (SSSR count). The van der Waals surface area contributed by atoms with Crippen LogP contribution in [0.15, 0.2) is 53.9 Å². The lowest BCUT2D eigenvalue weighted by Crippen LogP contribution is -2.23. The highest BCUT2D eigenvalue weighted by atomic mass is 32.2. The average molecular weight is 321 g/mol. The summed E-state index contributed by atoms with van der Waals surface area (Å²) in [6.07, 6.45) is 4.41. The number of hydrogen-bond donors (Lipinski definition) is 0. The number of allylic oxidation sites excluding steroid dienone is 4. The summed E-state index contributed by atoms with van der Waals surface area (Å²) in [4.78, 5) is 2.36. The molecule has 0 aliphatic heterocycles. The van der Waals surface area contributed by atoms with Crippen LogP contribution in [0, 0.1) is 0 Å². The van der Waals surface area contributed by atoms with Crippen LogP contribution in [0.25, 0.3) is 0 Å². The number of benzene rings is 1. The lowest BCUT2D eigenvalue weighted by molar-refractivity contribution is 0.600. The highest BCUT2D eigenvalue weighted by Crippen LogP contribution is 2.23. The van der Waals surface area contributed by atoms with Gasteiger partial charge in [-0.2, -0.15) is 8.42 Å². The van der Waals surface area contributed by atoms with Crippen molar-refractivity contribution in [2.75, 3.05) is 18.0 Å². The van der Waals surface area contributed by atoms with E-state index in [1.165, 1.54) is 6.08 Å². The molecule has 0 unspecified atom stereocenters. The zero-order chi connectivity index (χ0) is 15.9. The van der Waals surface area contributed by atoms with Crippen LogP contribution in [-0.4, -0.2) is 26.4 Å². The Hall–Kier alpha value is -1.88. The van der Waals surface area contributed by atoms with Gasteiger partial charge in [0.05, 0.1) is 4.86 Å². The average Bonchev–Trinajstić information content (AvgIpc) is 2.53. The van der Waals surface area contributed by atoms with Crippen LogP contribution in [-0.2, 0) is 10.3 Å². The summed E-state index contributed by atoms with van der Waals surface area (Å²) in [6, 6.07) is 10.1. The van der Waals surface area contributed by atoms with E-state index >= 15 is 0 Å². The van der Waals surface area contributed by atoms with E-state index in [-0.39, 0.29) is 17.1 Å². The van der Waals surface area contributed by atoms with E-state index in [1.54, 1.807) is 6.08 Å². The fraction of sp³-hybridized carbons (Fsp3) is 0.353. The highest BCUT2D eigenvalue weighted by Gasteiger charge is 2.13. The van der Waals surface area contributed by atoms with Gasteiger partial charge in [0.25, 0.3) is 0 Å². The second-order valence-corrected chi connectivity index (χ2v) is 6.15. The monoisotopic (exact) mass is 321 g/mol. The molecule has 0 bridgehead atoms. The molecule has 0 atom stereocenters. The van der Waals surface area contributed by atoms with Crippen LogP contribution in [0.2, 0.25) is 0 Å². The number of halogens is 1. The van der Waals surface area contributed by atoms with E-state index in [1.807, 2.05) is 18.2 Å². The van der Waals surface area contributed by atoms with Gasteiger partial charge < -0.3 is 4.90 Å². The molecule has 0 fully saturated rings. The Kier molecular flexibility index (Phi) is 5.95. The molecule has 0 amide bonds. The second kappa shape index (κ2) is 7.94. The normalized spacial score (nSPS) is 14.4. The van der Waals surface area contributed by atoms with Crippen molar-refractivity contribution in [3.63, 3.8) is 0 Å². The van der Waals surface area contributed by atoms with Crippen LogP contribution < -0.4 is 4.90 Å². The molecule has 1 aliphatic carbocycles. The standard InChI is InChI=1S/C17H20FNO2S/c1-2-19(15-8-4-3-5-9-15)12-6-7-14-10-11-16(22(20)21)13-17(14)18/h3-5,8-11H,2,6-7,12-13H2,1H3. The molecule has 0 heterocycles. The molecule has 0 saturated carbocycles. The minimum Gasteiger partial charge on any atom is -0.372 e. The predicted molar refractivity (Wildman–Crippen MR) is 89.4 cm³/mol. The summed E-state index contributed by atoms with van der Waals surface area (Å²) < 4.78 is 35.6. The quantitative estimate of drug-likeness (QED) is 0.752. The molecule has 1 aliphatic rings. The van der Waals surface area contributed by atoms with Crippen molar-refractivity contribution >= 4 is 20.8 Å². The molecule has 0 N–H and O–H groups in total. The third kappa shape index (κ3) is 4.31. The van der Waals surface area contributed by atoms with Gasteiger partial charge in [0.2, 0.25) is 10.3 Å². The van der Waals surface area contributed by atoms with Crippen LogP contribution in [0.1, 0.15) is 26.2 Å². The molecule has 0 spiro atoms. The molecule has 5 heteroatoms. The maximum Gasteiger partial charge on any atom is 0.217 e. The topological polar surface area (TPSA) is 37.4 Å². The van der Waals surface area contributed by atoms with Gasteiger partial charge in [-0.05, 0) is 43.5 Å². The molecule has 1 aromatic carbocycles.